The maximum atomic E-state index is 12.5. The van der Waals surface area contributed by atoms with Gasteiger partial charge in [-0.05, 0) is 97.6 Å². The van der Waals surface area contributed by atoms with Gasteiger partial charge < -0.3 is 25.7 Å². The molecule has 8 nitrogen and oxygen atoms in total. The van der Waals surface area contributed by atoms with Crippen molar-refractivity contribution in [3.63, 3.8) is 0 Å². The summed E-state index contributed by atoms with van der Waals surface area (Å²) in [5, 5.41) is 42.0. The van der Waals surface area contributed by atoms with Gasteiger partial charge in [-0.3, -0.25) is 9.78 Å². The Morgan fingerprint density at radius 3 is 2.59 bits per heavy atom. The highest BCUT2D eigenvalue weighted by Crippen LogP contribution is 2.37. The quantitative estimate of drug-likeness (QED) is 0.162. The van der Waals surface area contributed by atoms with Gasteiger partial charge in [0.15, 0.2) is 0 Å². The Bertz CT molecular complexity index is 1280. The normalized spacial score (nSPS) is 14.5. The zero-order valence-corrected chi connectivity index (χ0v) is 25.3. The molecule has 0 saturated heterocycles. The minimum absolute atomic E-state index is 0.00789. The van der Waals surface area contributed by atoms with Gasteiger partial charge in [-0.2, -0.15) is 0 Å². The van der Waals surface area contributed by atoms with Gasteiger partial charge in [0.2, 0.25) is 5.91 Å². The summed E-state index contributed by atoms with van der Waals surface area (Å²) in [5.74, 6) is -0.264. The number of nitrogens with zero attached hydrogens (tertiary/aromatic N) is 2. The van der Waals surface area contributed by atoms with Crippen molar-refractivity contribution in [2.75, 3.05) is 19.7 Å². The van der Waals surface area contributed by atoms with E-state index in [1.807, 2.05) is 44.3 Å². The lowest BCUT2D eigenvalue weighted by Crippen LogP contribution is -2.44. The number of aryl methyl sites for hydroxylation is 1. The highest BCUT2D eigenvalue weighted by molar-refractivity contribution is 7.97. The lowest BCUT2D eigenvalue weighted by Gasteiger charge is -2.29. The van der Waals surface area contributed by atoms with E-state index >= 15 is 0 Å². The summed E-state index contributed by atoms with van der Waals surface area (Å²) < 4.78 is 2.24. The Balaban J connectivity index is 1.70. The number of carbonyl (C=O) groups excluding carboxylic acids is 1. The zero-order chi connectivity index (χ0) is 29.9. The molecule has 3 aromatic rings. The number of aromatic nitrogens is 1. The number of hydrogen-bond donors (Lipinski definition) is 5. The summed E-state index contributed by atoms with van der Waals surface area (Å²) in [7, 11) is 0. The molecule has 0 saturated carbocycles. The van der Waals surface area contributed by atoms with E-state index in [4.69, 9.17) is 16.7 Å². The molecule has 0 aliphatic heterocycles. The first-order valence-electron chi connectivity index (χ1n) is 13.7. The van der Waals surface area contributed by atoms with Crippen LogP contribution in [-0.4, -0.2) is 73.6 Å². The fourth-order valence-electron chi connectivity index (χ4n) is 4.44. The van der Waals surface area contributed by atoms with Crippen molar-refractivity contribution in [3.05, 3.63) is 82.6 Å². The van der Waals surface area contributed by atoms with Gasteiger partial charge >= 0.3 is 0 Å². The van der Waals surface area contributed by atoms with Gasteiger partial charge in [0.25, 0.3) is 0 Å². The number of hydrogen-bond acceptors (Lipinski definition) is 8. The summed E-state index contributed by atoms with van der Waals surface area (Å²) in [4.78, 5) is 17.8. The van der Waals surface area contributed by atoms with E-state index in [1.165, 1.54) is 0 Å². The van der Waals surface area contributed by atoms with Crippen molar-refractivity contribution in [2.45, 2.75) is 69.3 Å². The molecule has 1 heterocycles. The van der Waals surface area contributed by atoms with E-state index in [9.17, 15) is 20.1 Å². The molecule has 0 spiro atoms. The van der Waals surface area contributed by atoms with Crippen LogP contribution in [0.2, 0.25) is 5.02 Å². The van der Waals surface area contributed by atoms with E-state index < -0.39 is 18.3 Å². The highest BCUT2D eigenvalue weighted by Gasteiger charge is 2.25. The Hall–Kier alpha value is -2.50. The molecule has 41 heavy (non-hydrogen) atoms. The molecule has 2 aromatic carbocycles. The molecule has 5 N–H and O–H groups in total. The Morgan fingerprint density at radius 2 is 1.85 bits per heavy atom. The number of aliphatic hydroxyl groups is 4. The summed E-state index contributed by atoms with van der Waals surface area (Å²) >= 11 is 8.01. The van der Waals surface area contributed by atoms with Crippen LogP contribution in [-0.2, 0) is 4.79 Å². The van der Waals surface area contributed by atoms with Gasteiger partial charge in [0.1, 0.15) is 6.10 Å². The maximum absolute atomic E-state index is 12.5. The Kier molecular flexibility index (Phi) is 13.1. The van der Waals surface area contributed by atoms with E-state index in [2.05, 4.69) is 45.8 Å². The van der Waals surface area contributed by atoms with E-state index in [-0.39, 0.29) is 37.9 Å². The number of nitrogens with one attached hydrogen (secondary N) is 1. The molecule has 1 aromatic heterocycles. The highest BCUT2D eigenvalue weighted by atomic mass is 35.5. The third kappa shape index (κ3) is 9.51. The fourth-order valence-corrected chi connectivity index (χ4v) is 5.81. The standard InChI is InChI=1S/C31H40ClN3O5S/c1-20-18-33-14-12-25(20)24-8-4-7-23(17-24)22(3)35(41-29-10-5-9-26(32)21(29)2)15-6-11-30(39)34-19-28(38)31(40)27(37)13-16-36/h4-5,7-10,12,14,17-18,22,27-28,31,36-38,40H,6,11,13,15-16,19H2,1-3H3,(H,34,39). The predicted octanol–water partition coefficient (Wildman–Crippen LogP) is 4.45. The van der Waals surface area contributed by atoms with Crippen LogP contribution in [0.5, 0.6) is 0 Å². The maximum Gasteiger partial charge on any atom is 0.220 e. The monoisotopic (exact) mass is 601 g/mol. The SMILES string of the molecule is Cc1cnccc1-c1cccc(C(C)N(CCCC(=O)NCC(O)C(O)C(O)CCO)Sc2cccc(Cl)c2C)c1. The molecule has 0 fully saturated rings. The number of pyridine rings is 1. The molecule has 3 rings (SSSR count). The van der Waals surface area contributed by atoms with Crippen LogP contribution >= 0.6 is 23.5 Å². The van der Waals surface area contributed by atoms with Crippen LogP contribution in [0, 0.1) is 13.8 Å². The molecule has 10 heteroatoms. The van der Waals surface area contributed by atoms with Gasteiger partial charge in [0.05, 0.1) is 12.2 Å². The smallest absolute Gasteiger partial charge is 0.220 e. The van der Waals surface area contributed by atoms with E-state index in [0.29, 0.717) is 18.0 Å². The Morgan fingerprint density at radius 1 is 1.10 bits per heavy atom. The second-order valence-electron chi connectivity index (χ2n) is 10.1. The first kappa shape index (κ1) is 33.0. The third-order valence-corrected chi connectivity index (χ3v) is 8.85. The lowest BCUT2D eigenvalue weighted by molar-refractivity contribution is -0.122. The number of carbonyl (C=O) groups is 1. The first-order valence-corrected chi connectivity index (χ1v) is 14.9. The largest absolute Gasteiger partial charge is 0.396 e. The van der Waals surface area contributed by atoms with Crippen LogP contribution in [0.1, 0.15) is 48.9 Å². The summed E-state index contributed by atoms with van der Waals surface area (Å²) in [6, 6.07) is 16.3. The van der Waals surface area contributed by atoms with Crippen molar-refractivity contribution >= 4 is 29.5 Å². The number of amides is 1. The molecule has 0 radical (unpaired) electrons. The first-order chi connectivity index (χ1) is 19.6. The minimum atomic E-state index is -1.46. The van der Waals surface area contributed by atoms with E-state index in [1.54, 1.807) is 18.1 Å². The van der Waals surface area contributed by atoms with E-state index in [0.717, 1.165) is 32.7 Å². The Labute approximate surface area is 251 Å². The molecule has 4 unspecified atom stereocenters. The minimum Gasteiger partial charge on any atom is -0.396 e. The van der Waals surface area contributed by atoms with Crippen molar-refractivity contribution < 1.29 is 25.2 Å². The van der Waals surface area contributed by atoms with Crippen molar-refractivity contribution in [3.8, 4) is 11.1 Å². The van der Waals surface area contributed by atoms with Crippen LogP contribution in [0.3, 0.4) is 0 Å². The molecule has 0 aliphatic rings. The lowest BCUT2D eigenvalue weighted by atomic mass is 9.98. The van der Waals surface area contributed by atoms with Crippen LogP contribution in [0.4, 0.5) is 0 Å². The van der Waals surface area contributed by atoms with Gasteiger partial charge in [-0.15, -0.1) is 0 Å². The number of rotatable bonds is 15. The van der Waals surface area contributed by atoms with Gasteiger partial charge in [-0.1, -0.05) is 35.9 Å². The average Bonchev–Trinajstić information content (AvgIpc) is 2.97. The number of aliphatic hydroxyl groups excluding tert-OH is 4. The van der Waals surface area contributed by atoms with Crippen molar-refractivity contribution in [1.29, 1.82) is 0 Å². The van der Waals surface area contributed by atoms with Crippen molar-refractivity contribution in [2.24, 2.45) is 0 Å². The number of halogens is 1. The molecule has 1 amide bonds. The van der Waals surface area contributed by atoms with Gasteiger partial charge in [0, 0.05) is 54.5 Å². The predicted molar refractivity (Wildman–Crippen MR) is 164 cm³/mol. The number of benzene rings is 2. The second kappa shape index (κ2) is 16.2. The molecule has 0 bridgehead atoms. The second-order valence-corrected chi connectivity index (χ2v) is 11.6. The molecular formula is C31H40ClN3O5S. The summed E-state index contributed by atoms with van der Waals surface area (Å²) in [5.41, 5.74) is 5.47. The summed E-state index contributed by atoms with van der Waals surface area (Å²) in [6.07, 6.45) is 0.304. The molecular weight excluding hydrogens is 562 g/mol. The van der Waals surface area contributed by atoms with Crippen LogP contribution in [0.15, 0.2) is 65.8 Å². The summed E-state index contributed by atoms with van der Waals surface area (Å²) in [6.45, 7) is 6.27. The average molecular weight is 602 g/mol. The third-order valence-electron chi connectivity index (χ3n) is 7.07. The van der Waals surface area contributed by atoms with Gasteiger partial charge in [-0.25, -0.2) is 4.31 Å². The van der Waals surface area contributed by atoms with Crippen LogP contribution < -0.4 is 5.32 Å². The van der Waals surface area contributed by atoms with Crippen molar-refractivity contribution in [1.82, 2.24) is 14.6 Å². The zero-order valence-electron chi connectivity index (χ0n) is 23.7. The molecule has 0 aliphatic carbocycles. The topological polar surface area (TPSA) is 126 Å². The fraction of sp³-hybridized carbons (Fsp3) is 0.419. The molecule has 222 valence electrons. The molecule has 4 atom stereocenters. The van der Waals surface area contributed by atoms with Crippen LogP contribution in [0.25, 0.3) is 11.1 Å².